The molecule has 5 heteroatoms. The minimum Gasteiger partial charge on any atom is -0.349 e. The van der Waals surface area contributed by atoms with Crippen LogP contribution in [0.15, 0.2) is 18.6 Å². The molecule has 1 rings (SSSR count). The Bertz CT molecular complexity index is 302. The van der Waals surface area contributed by atoms with Gasteiger partial charge in [0.15, 0.2) is 0 Å². The number of carbonyl (C=O) groups is 1. The molecule has 0 aromatic carbocycles. The minimum absolute atomic E-state index is 0.129. The van der Waals surface area contributed by atoms with Crippen LogP contribution in [0, 0.1) is 0 Å². The van der Waals surface area contributed by atoms with Crippen molar-refractivity contribution in [2.75, 3.05) is 0 Å². The number of carbonyl (C=O) groups excluding carboxylic acids is 1. The highest BCUT2D eigenvalue weighted by molar-refractivity contribution is 5.81. The van der Waals surface area contributed by atoms with E-state index in [-0.39, 0.29) is 5.91 Å². The van der Waals surface area contributed by atoms with E-state index in [2.05, 4.69) is 15.3 Å². The van der Waals surface area contributed by atoms with Gasteiger partial charge in [-0.15, -0.1) is 0 Å². The minimum atomic E-state index is -0.420. The second-order valence-corrected chi connectivity index (χ2v) is 3.31. The predicted molar refractivity (Wildman–Crippen MR) is 56.8 cm³/mol. The summed E-state index contributed by atoms with van der Waals surface area (Å²) in [5.41, 5.74) is 6.43. The van der Waals surface area contributed by atoms with Gasteiger partial charge in [0.1, 0.15) is 6.33 Å². The van der Waals surface area contributed by atoms with Gasteiger partial charge in [0.05, 0.1) is 18.3 Å². The summed E-state index contributed by atoms with van der Waals surface area (Å²) in [7, 11) is 0. The highest BCUT2D eigenvalue weighted by Gasteiger charge is 2.11. The molecule has 0 saturated heterocycles. The number of nitrogens with two attached hydrogens (primary N) is 1. The lowest BCUT2D eigenvalue weighted by molar-refractivity contribution is -0.122. The fourth-order valence-electron chi connectivity index (χ4n) is 1.17. The third-order valence-electron chi connectivity index (χ3n) is 2.02. The van der Waals surface area contributed by atoms with Crippen LogP contribution in [0.25, 0.3) is 0 Å². The van der Waals surface area contributed by atoms with Gasteiger partial charge in [-0.05, 0) is 12.5 Å². The summed E-state index contributed by atoms with van der Waals surface area (Å²) in [4.78, 5) is 19.2. The smallest absolute Gasteiger partial charge is 0.237 e. The van der Waals surface area contributed by atoms with Gasteiger partial charge < -0.3 is 11.1 Å². The Hall–Kier alpha value is -1.49. The first-order valence-corrected chi connectivity index (χ1v) is 5.02. The van der Waals surface area contributed by atoms with Crippen LogP contribution in [-0.2, 0) is 11.3 Å². The van der Waals surface area contributed by atoms with Gasteiger partial charge in [-0.2, -0.15) is 0 Å². The number of hydrogen-bond donors (Lipinski definition) is 2. The molecular formula is C10H16N4O. The molecule has 0 fully saturated rings. The average molecular weight is 208 g/mol. The first kappa shape index (κ1) is 11.6. The number of hydrogen-bond acceptors (Lipinski definition) is 4. The molecule has 1 amide bonds. The molecule has 82 valence electrons. The SMILES string of the molecule is CCC[C@H](N)C(=O)NCc1ccncn1. The molecule has 0 spiro atoms. The topological polar surface area (TPSA) is 80.9 Å². The molecule has 0 aliphatic carbocycles. The number of nitrogens with zero attached hydrogens (tertiary/aromatic N) is 2. The van der Waals surface area contributed by atoms with Gasteiger partial charge in [-0.1, -0.05) is 13.3 Å². The first-order chi connectivity index (χ1) is 7.24. The van der Waals surface area contributed by atoms with E-state index in [1.165, 1.54) is 6.33 Å². The van der Waals surface area contributed by atoms with Crippen LogP contribution in [0.2, 0.25) is 0 Å². The molecule has 1 heterocycles. The van der Waals surface area contributed by atoms with Crippen LogP contribution in [0.1, 0.15) is 25.5 Å². The lowest BCUT2D eigenvalue weighted by Gasteiger charge is -2.10. The zero-order chi connectivity index (χ0) is 11.1. The zero-order valence-corrected chi connectivity index (χ0v) is 8.81. The molecule has 0 aliphatic rings. The monoisotopic (exact) mass is 208 g/mol. The Labute approximate surface area is 89.1 Å². The molecule has 0 saturated carbocycles. The van der Waals surface area contributed by atoms with E-state index >= 15 is 0 Å². The van der Waals surface area contributed by atoms with E-state index in [1.807, 2.05) is 6.92 Å². The number of rotatable bonds is 5. The van der Waals surface area contributed by atoms with E-state index in [1.54, 1.807) is 12.3 Å². The number of amides is 1. The van der Waals surface area contributed by atoms with Gasteiger partial charge in [-0.25, -0.2) is 9.97 Å². The predicted octanol–water partition coefficient (Wildman–Crippen LogP) is 0.220. The summed E-state index contributed by atoms with van der Waals surface area (Å²) in [6, 6.07) is 1.34. The van der Waals surface area contributed by atoms with Gasteiger partial charge in [0, 0.05) is 6.20 Å². The van der Waals surface area contributed by atoms with Crippen molar-refractivity contribution in [3.63, 3.8) is 0 Å². The van der Waals surface area contributed by atoms with E-state index < -0.39 is 6.04 Å². The van der Waals surface area contributed by atoms with Crippen LogP contribution in [0.4, 0.5) is 0 Å². The van der Waals surface area contributed by atoms with Gasteiger partial charge in [-0.3, -0.25) is 4.79 Å². The van der Waals surface area contributed by atoms with Crippen LogP contribution in [0.3, 0.4) is 0 Å². The van der Waals surface area contributed by atoms with Crippen molar-refractivity contribution < 1.29 is 4.79 Å². The molecule has 0 bridgehead atoms. The molecule has 1 aromatic heterocycles. The lowest BCUT2D eigenvalue weighted by Crippen LogP contribution is -2.40. The van der Waals surface area contributed by atoms with Crippen molar-refractivity contribution in [2.45, 2.75) is 32.4 Å². The lowest BCUT2D eigenvalue weighted by atomic mass is 10.2. The summed E-state index contributed by atoms with van der Waals surface area (Å²) in [6.45, 7) is 2.40. The van der Waals surface area contributed by atoms with Crippen molar-refractivity contribution in [3.8, 4) is 0 Å². The maximum absolute atomic E-state index is 11.4. The summed E-state index contributed by atoms with van der Waals surface area (Å²) in [5, 5.41) is 2.73. The average Bonchev–Trinajstić information content (AvgIpc) is 2.27. The fraction of sp³-hybridized carbons (Fsp3) is 0.500. The molecule has 1 aromatic rings. The third kappa shape index (κ3) is 4.03. The Morgan fingerprint density at radius 1 is 1.67 bits per heavy atom. The molecule has 0 unspecified atom stereocenters. The highest BCUT2D eigenvalue weighted by atomic mass is 16.2. The van der Waals surface area contributed by atoms with Crippen molar-refractivity contribution in [1.82, 2.24) is 15.3 Å². The highest BCUT2D eigenvalue weighted by Crippen LogP contribution is 1.94. The molecule has 0 aliphatic heterocycles. The standard InChI is InChI=1S/C10H16N4O/c1-2-3-9(11)10(15)13-6-8-4-5-12-7-14-8/h4-5,7,9H,2-3,6,11H2,1H3,(H,13,15)/t9-/m0/s1. The van der Waals surface area contributed by atoms with Crippen LogP contribution < -0.4 is 11.1 Å². The van der Waals surface area contributed by atoms with Gasteiger partial charge in [0.2, 0.25) is 5.91 Å². The number of aromatic nitrogens is 2. The molecule has 15 heavy (non-hydrogen) atoms. The van der Waals surface area contributed by atoms with Gasteiger partial charge in [0.25, 0.3) is 0 Å². The summed E-state index contributed by atoms with van der Waals surface area (Å²) >= 11 is 0. The molecule has 3 N–H and O–H groups in total. The summed E-state index contributed by atoms with van der Waals surface area (Å²) in [5.74, 6) is -0.129. The van der Waals surface area contributed by atoms with Crippen LogP contribution in [-0.4, -0.2) is 21.9 Å². The zero-order valence-electron chi connectivity index (χ0n) is 8.81. The van der Waals surface area contributed by atoms with Crippen LogP contribution >= 0.6 is 0 Å². The second kappa shape index (κ2) is 6.08. The summed E-state index contributed by atoms with van der Waals surface area (Å²) in [6.07, 6.45) is 4.70. The van der Waals surface area contributed by atoms with E-state index in [4.69, 9.17) is 5.73 Å². The van der Waals surface area contributed by atoms with E-state index in [0.717, 1.165) is 12.1 Å². The Morgan fingerprint density at radius 3 is 3.07 bits per heavy atom. The van der Waals surface area contributed by atoms with Gasteiger partial charge >= 0.3 is 0 Å². The summed E-state index contributed by atoms with van der Waals surface area (Å²) < 4.78 is 0. The maximum atomic E-state index is 11.4. The Balaban J connectivity index is 2.34. The van der Waals surface area contributed by atoms with Crippen molar-refractivity contribution in [2.24, 2.45) is 5.73 Å². The molecule has 0 radical (unpaired) electrons. The second-order valence-electron chi connectivity index (χ2n) is 3.31. The van der Waals surface area contributed by atoms with E-state index in [9.17, 15) is 4.79 Å². The fourth-order valence-corrected chi connectivity index (χ4v) is 1.17. The Morgan fingerprint density at radius 2 is 2.47 bits per heavy atom. The van der Waals surface area contributed by atoms with Crippen molar-refractivity contribution in [3.05, 3.63) is 24.3 Å². The third-order valence-corrected chi connectivity index (χ3v) is 2.02. The largest absolute Gasteiger partial charge is 0.349 e. The van der Waals surface area contributed by atoms with Crippen molar-refractivity contribution >= 4 is 5.91 Å². The maximum Gasteiger partial charge on any atom is 0.237 e. The molecule has 1 atom stereocenters. The van der Waals surface area contributed by atoms with Crippen molar-refractivity contribution in [1.29, 1.82) is 0 Å². The molecular weight excluding hydrogens is 192 g/mol. The first-order valence-electron chi connectivity index (χ1n) is 5.02. The molecule has 5 nitrogen and oxygen atoms in total. The van der Waals surface area contributed by atoms with E-state index in [0.29, 0.717) is 13.0 Å². The van der Waals surface area contributed by atoms with Crippen LogP contribution in [0.5, 0.6) is 0 Å². The number of nitrogens with one attached hydrogen (secondary N) is 1. The Kier molecular flexibility index (Phi) is 4.70. The quantitative estimate of drug-likeness (QED) is 0.725. The normalized spacial score (nSPS) is 12.1.